The summed E-state index contributed by atoms with van der Waals surface area (Å²) in [6.07, 6.45) is 0. The van der Waals surface area contributed by atoms with Crippen molar-refractivity contribution in [3.05, 3.63) is 48.0 Å². The van der Waals surface area contributed by atoms with Crippen molar-refractivity contribution in [2.24, 2.45) is 5.73 Å². The van der Waals surface area contributed by atoms with Crippen LogP contribution in [0.3, 0.4) is 0 Å². The van der Waals surface area contributed by atoms with Crippen molar-refractivity contribution >= 4 is 9.84 Å². The van der Waals surface area contributed by atoms with Gasteiger partial charge in [-0.05, 0) is 57.2 Å². The molecule has 0 spiro atoms. The molecule has 0 saturated heterocycles. The molecular weight excluding hydrogens is 342 g/mol. The van der Waals surface area contributed by atoms with Gasteiger partial charge in [-0.3, -0.25) is 0 Å². The summed E-state index contributed by atoms with van der Waals surface area (Å²) in [6, 6.07) is 9.03. The average molecular weight is 363 g/mol. The van der Waals surface area contributed by atoms with Crippen LogP contribution in [0.4, 0.5) is 0 Å². The smallest absolute Gasteiger partial charge is 0.206 e. The fourth-order valence-electron chi connectivity index (χ4n) is 2.87. The Kier molecular flexibility index (Phi) is 3.87. The lowest BCUT2D eigenvalue weighted by molar-refractivity contribution is -0.132. The van der Waals surface area contributed by atoms with Crippen molar-refractivity contribution in [1.82, 2.24) is 0 Å². The molecule has 3 rings (SSSR count). The number of phenolic OH excluding ortho intramolecular Hbond substituents is 1. The SMILES string of the molecule is CC1(C)Oc2ccc(S(=O)(=O)c3cccc(O)c3)cc2[C@@H](N)[C@]1(C)O. The fraction of sp³-hybridized carbons (Fsp3) is 0.333. The van der Waals surface area contributed by atoms with Crippen molar-refractivity contribution in [2.45, 2.75) is 47.8 Å². The maximum atomic E-state index is 12.8. The Morgan fingerprint density at radius 1 is 1.08 bits per heavy atom. The van der Waals surface area contributed by atoms with Gasteiger partial charge in [0.15, 0.2) is 0 Å². The fourth-order valence-corrected chi connectivity index (χ4v) is 4.21. The van der Waals surface area contributed by atoms with Crippen molar-refractivity contribution in [2.75, 3.05) is 0 Å². The lowest BCUT2D eigenvalue weighted by Gasteiger charge is -2.48. The van der Waals surface area contributed by atoms with Gasteiger partial charge >= 0.3 is 0 Å². The largest absolute Gasteiger partial charge is 0.508 e. The van der Waals surface area contributed by atoms with Crippen LogP contribution in [0.1, 0.15) is 32.4 Å². The molecule has 6 nitrogen and oxygen atoms in total. The standard InChI is InChI=1S/C18H21NO5S/c1-17(2)18(3,21)16(19)14-10-13(7-8-15(14)24-17)25(22,23)12-6-4-5-11(20)9-12/h4-10,16,20-21H,19H2,1-3H3/t16-,18+/m1/s1. The lowest BCUT2D eigenvalue weighted by atomic mass is 9.76. The molecule has 0 aliphatic carbocycles. The molecule has 1 aliphatic heterocycles. The molecule has 0 saturated carbocycles. The molecular formula is C18H21NO5S. The molecule has 2 atom stereocenters. The topological polar surface area (TPSA) is 110 Å². The Balaban J connectivity index is 2.13. The molecule has 0 fully saturated rings. The molecule has 0 bridgehead atoms. The first-order valence-corrected chi connectivity index (χ1v) is 9.30. The van der Waals surface area contributed by atoms with E-state index in [1.54, 1.807) is 26.8 Å². The highest BCUT2D eigenvalue weighted by molar-refractivity contribution is 7.91. The molecule has 134 valence electrons. The molecule has 2 aromatic carbocycles. The summed E-state index contributed by atoms with van der Waals surface area (Å²) in [4.78, 5) is -0.00348. The second-order valence-corrected chi connectivity index (χ2v) is 8.89. The maximum Gasteiger partial charge on any atom is 0.206 e. The summed E-state index contributed by atoms with van der Waals surface area (Å²) in [5.74, 6) is 0.308. The van der Waals surface area contributed by atoms with Crippen LogP contribution in [0.2, 0.25) is 0 Å². The Morgan fingerprint density at radius 3 is 2.36 bits per heavy atom. The first kappa shape index (κ1) is 17.7. The van der Waals surface area contributed by atoms with Gasteiger partial charge in [0, 0.05) is 5.56 Å². The normalized spacial score (nSPS) is 25.1. The summed E-state index contributed by atoms with van der Waals surface area (Å²) >= 11 is 0. The van der Waals surface area contributed by atoms with Crippen LogP contribution in [0.25, 0.3) is 0 Å². The zero-order valence-electron chi connectivity index (χ0n) is 14.2. The first-order valence-electron chi connectivity index (χ1n) is 7.82. The number of ether oxygens (including phenoxy) is 1. The number of benzene rings is 2. The highest BCUT2D eigenvalue weighted by Crippen LogP contribution is 2.45. The predicted octanol–water partition coefficient (Wildman–Crippen LogP) is 2.15. The number of sulfone groups is 1. The van der Waals surface area contributed by atoms with Gasteiger partial charge in [-0.15, -0.1) is 0 Å². The third-order valence-electron chi connectivity index (χ3n) is 4.94. The second-order valence-electron chi connectivity index (χ2n) is 6.94. The molecule has 0 unspecified atom stereocenters. The number of aromatic hydroxyl groups is 1. The number of hydrogen-bond acceptors (Lipinski definition) is 6. The van der Waals surface area contributed by atoms with E-state index in [0.29, 0.717) is 11.3 Å². The van der Waals surface area contributed by atoms with Crippen molar-refractivity contribution in [3.63, 3.8) is 0 Å². The highest BCUT2D eigenvalue weighted by Gasteiger charge is 2.51. The van der Waals surface area contributed by atoms with Crippen LogP contribution in [0.15, 0.2) is 52.3 Å². The molecule has 0 aromatic heterocycles. The van der Waals surface area contributed by atoms with Crippen molar-refractivity contribution in [3.8, 4) is 11.5 Å². The van der Waals surface area contributed by atoms with E-state index in [2.05, 4.69) is 0 Å². The average Bonchev–Trinajstić information content (AvgIpc) is 2.52. The zero-order chi connectivity index (χ0) is 18.6. The number of phenols is 1. The monoisotopic (exact) mass is 363 g/mol. The minimum Gasteiger partial charge on any atom is -0.508 e. The van der Waals surface area contributed by atoms with E-state index in [1.807, 2.05) is 0 Å². The second kappa shape index (κ2) is 5.45. The number of fused-ring (bicyclic) bond motifs is 1. The molecule has 0 radical (unpaired) electrons. The van der Waals surface area contributed by atoms with Gasteiger partial charge in [-0.1, -0.05) is 6.07 Å². The van der Waals surface area contributed by atoms with Gasteiger partial charge < -0.3 is 20.7 Å². The van der Waals surface area contributed by atoms with Gasteiger partial charge in [0.2, 0.25) is 9.84 Å². The Morgan fingerprint density at radius 2 is 1.72 bits per heavy atom. The minimum atomic E-state index is -3.84. The van der Waals surface area contributed by atoms with Crippen LogP contribution >= 0.6 is 0 Å². The Bertz CT molecular complexity index is 934. The number of aliphatic hydroxyl groups is 1. The van der Waals surface area contributed by atoms with E-state index in [4.69, 9.17) is 10.5 Å². The summed E-state index contributed by atoms with van der Waals surface area (Å²) in [5.41, 5.74) is 4.32. The molecule has 4 N–H and O–H groups in total. The highest BCUT2D eigenvalue weighted by atomic mass is 32.2. The molecule has 1 aliphatic rings. The zero-order valence-corrected chi connectivity index (χ0v) is 15.0. The van der Waals surface area contributed by atoms with E-state index < -0.39 is 27.1 Å². The molecule has 25 heavy (non-hydrogen) atoms. The quantitative estimate of drug-likeness (QED) is 0.754. The number of rotatable bonds is 2. The van der Waals surface area contributed by atoms with Crippen LogP contribution in [-0.4, -0.2) is 29.8 Å². The first-order chi connectivity index (χ1) is 11.5. The van der Waals surface area contributed by atoms with Crippen LogP contribution in [-0.2, 0) is 9.84 Å². The Labute approximate surface area is 146 Å². The summed E-state index contributed by atoms with van der Waals surface area (Å²) < 4.78 is 31.5. The molecule has 0 amide bonds. The third kappa shape index (κ3) is 2.68. The van der Waals surface area contributed by atoms with Gasteiger partial charge in [0.05, 0.1) is 15.8 Å². The Hall–Kier alpha value is -2.09. The summed E-state index contributed by atoms with van der Waals surface area (Å²) in [6.45, 7) is 5.03. The van der Waals surface area contributed by atoms with Crippen molar-refractivity contribution in [1.29, 1.82) is 0 Å². The van der Waals surface area contributed by atoms with Crippen LogP contribution in [0, 0.1) is 0 Å². The maximum absolute atomic E-state index is 12.8. The van der Waals surface area contributed by atoms with E-state index >= 15 is 0 Å². The van der Waals surface area contributed by atoms with Gasteiger partial charge in [-0.25, -0.2) is 8.42 Å². The molecule has 7 heteroatoms. The van der Waals surface area contributed by atoms with E-state index in [-0.39, 0.29) is 15.5 Å². The van der Waals surface area contributed by atoms with Gasteiger partial charge in [-0.2, -0.15) is 0 Å². The number of nitrogens with two attached hydrogens (primary N) is 1. The minimum absolute atomic E-state index is 0.0198. The van der Waals surface area contributed by atoms with Gasteiger partial charge in [0.1, 0.15) is 22.7 Å². The summed E-state index contributed by atoms with van der Waals surface area (Å²) in [7, 11) is -3.84. The van der Waals surface area contributed by atoms with E-state index in [9.17, 15) is 18.6 Å². The van der Waals surface area contributed by atoms with Crippen molar-refractivity contribution < 1.29 is 23.4 Å². The van der Waals surface area contributed by atoms with Crippen LogP contribution < -0.4 is 10.5 Å². The summed E-state index contributed by atoms with van der Waals surface area (Å²) in [5, 5.41) is 20.3. The van der Waals surface area contributed by atoms with E-state index in [0.717, 1.165) is 0 Å². The molecule has 1 heterocycles. The third-order valence-corrected chi connectivity index (χ3v) is 6.69. The predicted molar refractivity (Wildman–Crippen MR) is 92.3 cm³/mol. The van der Waals surface area contributed by atoms with E-state index in [1.165, 1.54) is 36.4 Å². The van der Waals surface area contributed by atoms with Crippen LogP contribution in [0.5, 0.6) is 11.5 Å². The van der Waals surface area contributed by atoms with Gasteiger partial charge in [0.25, 0.3) is 0 Å². The number of hydrogen-bond donors (Lipinski definition) is 3. The molecule has 2 aromatic rings. The lowest BCUT2D eigenvalue weighted by Crippen LogP contribution is -2.60.